The van der Waals surface area contributed by atoms with E-state index in [9.17, 15) is 14.4 Å². The van der Waals surface area contributed by atoms with E-state index in [0.29, 0.717) is 47.8 Å². The summed E-state index contributed by atoms with van der Waals surface area (Å²) < 4.78 is 6.01. The van der Waals surface area contributed by atoms with E-state index in [0.717, 1.165) is 0 Å². The molecule has 0 unspecified atom stereocenters. The fourth-order valence-corrected chi connectivity index (χ4v) is 4.89. The Bertz CT molecular complexity index is 998. The normalized spacial score (nSPS) is 19.9. The Hall–Kier alpha value is -2.95. The van der Waals surface area contributed by atoms with Gasteiger partial charge in [-0.1, -0.05) is 43.5 Å². The largest absolute Gasteiger partial charge is 0.493 e. The molecule has 2 aromatic carbocycles. The van der Waals surface area contributed by atoms with Crippen molar-refractivity contribution < 1.29 is 19.1 Å². The van der Waals surface area contributed by atoms with Crippen LogP contribution in [0.2, 0.25) is 0 Å². The third-order valence-corrected chi connectivity index (χ3v) is 6.98. The fraction of sp³-hybridized carbons (Fsp3) is 0.423. The number of fused-ring (bicyclic) bond motifs is 1. The predicted octanol–water partition coefficient (Wildman–Crippen LogP) is 4.90. The molecule has 3 aliphatic rings. The topological polar surface area (TPSA) is 63.7 Å². The number of imide groups is 1. The Kier molecular flexibility index (Phi) is 5.12. The summed E-state index contributed by atoms with van der Waals surface area (Å²) in [7, 11) is 0. The van der Waals surface area contributed by atoms with Crippen molar-refractivity contribution >= 4 is 17.6 Å². The molecule has 5 heteroatoms. The molecule has 1 heterocycles. The van der Waals surface area contributed by atoms with Crippen LogP contribution in [0.1, 0.15) is 76.0 Å². The van der Waals surface area contributed by atoms with Gasteiger partial charge in [0.25, 0.3) is 11.8 Å². The maximum absolute atomic E-state index is 13.4. The second-order valence-corrected chi connectivity index (χ2v) is 9.19. The average molecular weight is 418 g/mol. The van der Waals surface area contributed by atoms with Crippen molar-refractivity contribution in [3.05, 3.63) is 65.2 Å². The van der Waals surface area contributed by atoms with Gasteiger partial charge in [0.05, 0.1) is 23.1 Å². The predicted molar refractivity (Wildman–Crippen MR) is 116 cm³/mol. The molecule has 31 heavy (non-hydrogen) atoms. The van der Waals surface area contributed by atoms with E-state index in [1.165, 1.54) is 37.0 Å². The lowest BCUT2D eigenvalue weighted by Crippen LogP contribution is -2.38. The van der Waals surface area contributed by atoms with Gasteiger partial charge in [0.15, 0.2) is 5.78 Å². The molecule has 5 rings (SSSR count). The smallest absolute Gasteiger partial charge is 0.261 e. The average Bonchev–Trinajstić information content (AvgIpc) is 3.57. The third-order valence-electron chi connectivity index (χ3n) is 6.98. The molecular weight excluding hydrogens is 390 g/mol. The maximum atomic E-state index is 13.4. The second kappa shape index (κ2) is 7.95. The summed E-state index contributed by atoms with van der Waals surface area (Å²) >= 11 is 0. The van der Waals surface area contributed by atoms with Crippen LogP contribution in [-0.4, -0.2) is 35.6 Å². The zero-order valence-corrected chi connectivity index (χ0v) is 17.6. The van der Waals surface area contributed by atoms with E-state index in [1.54, 1.807) is 30.3 Å². The number of ether oxygens (including phenoxy) is 1. The summed E-state index contributed by atoms with van der Waals surface area (Å²) in [6.45, 7) is 0.836. The number of hydrogen-bond acceptors (Lipinski definition) is 4. The van der Waals surface area contributed by atoms with Gasteiger partial charge in [0.2, 0.25) is 0 Å². The van der Waals surface area contributed by atoms with Gasteiger partial charge in [-0.3, -0.25) is 19.3 Å². The Morgan fingerprint density at radius 2 is 1.61 bits per heavy atom. The van der Waals surface area contributed by atoms with E-state index in [2.05, 4.69) is 0 Å². The Balaban J connectivity index is 1.28. The van der Waals surface area contributed by atoms with Crippen molar-refractivity contribution in [2.45, 2.75) is 44.9 Å². The lowest BCUT2D eigenvalue weighted by Gasteiger charge is -2.22. The molecule has 2 aromatic rings. The number of ketones is 1. The monoisotopic (exact) mass is 417 g/mol. The first-order chi connectivity index (χ1) is 15.1. The summed E-state index contributed by atoms with van der Waals surface area (Å²) in [6, 6.07) is 14.2. The highest BCUT2D eigenvalue weighted by Gasteiger charge is 2.53. The summed E-state index contributed by atoms with van der Waals surface area (Å²) in [6.07, 6.45) is 7.65. The van der Waals surface area contributed by atoms with E-state index >= 15 is 0 Å². The van der Waals surface area contributed by atoms with Gasteiger partial charge in [-0.2, -0.15) is 0 Å². The van der Waals surface area contributed by atoms with Crippen LogP contribution < -0.4 is 4.74 Å². The van der Waals surface area contributed by atoms with Crippen molar-refractivity contribution in [2.75, 3.05) is 13.2 Å². The molecule has 2 saturated carbocycles. The van der Waals surface area contributed by atoms with Gasteiger partial charge in [-0.15, -0.1) is 0 Å². The zero-order valence-electron chi connectivity index (χ0n) is 17.6. The first kappa shape index (κ1) is 20.0. The quantitative estimate of drug-likeness (QED) is 0.475. The van der Waals surface area contributed by atoms with E-state index in [4.69, 9.17) is 4.74 Å². The van der Waals surface area contributed by atoms with Gasteiger partial charge >= 0.3 is 0 Å². The third kappa shape index (κ3) is 3.78. The summed E-state index contributed by atoms with van der Waals surface area (Å²) in [5.74, 6) is 0.699. The molecule has 2 aliphatic carbocycles. The maximum Gasteiger partial charge on any atom is 0.261 e. The molecule has 0 N–H and O–H groups in total. The highest BCUT2D eigenvalue weighted by atomic mass is 16.5. The van der Waals surface area contributed by atoms with Crippen LogP contribution in [0.3, 0.4) is 0 Å². The van der Waals surface area contributed by atoms with Crippen molar-refractivity contribution in [1.29, 1.82) is 0 Å². The van der Waals surface area contributed by atoms with Gasteiger partial charge < -0.3 is 4.74 Å². The zero-order chi connectivity index (χ0) is 21.4. The van der Waals surface area contributed by atoms with Crippen molar-refractivity contribution in [2.24, 2.45) is 11.3 Å². The van der Waals surface area contributed by atoms with Crippen molar-refractivity contribution in [3.63, 3.8) is 0 Å². The van der Waals surface area contributed by atoms with Crippen LogP contribution in [0.25, 0.3) is 0 Å². The van der Waals surface area contributed by atoms with E-state index in [1.807, 2.05) is 18.2 Å². The first-order valence-corrected chi connectivity index (χ1v) is 11.3. The SMILES string of the molecule is O=C1c2ccccc2C(=O)N1CC1(C(=O)c2cccc(OCC3CCCCC3)c2)CC1. The number of Topliss-reactive ketones (excluding diaryl/α,β-unsaturated/α-hetero) is 1. The molecule has 0 aromatic heterocycles. The van der Waals surface area contributed by atoms with Crippen LogP contribution in [-0.2, 0) is 0 Å². The van der Waals surface area contributed by atoms with Crippen LogP contribution >= 0.6 is 0 Å². The van der Waals surface area contributed by atoms with Crippen molar-refractivity contribution in [1.82, 2.24) is 4.90 Å². The molecule has 0 radical (unpaired) electrons. The lowest BCUT2D eigenvalue weighted by atomic mass is 9.90. The van der Waals surface area contributed by atoms with Crippen LogP contribution in [0, 0.1) is 11.3 Å². The molecule has 160 valence electrons. The van der Waals surface area contributed by atoms with Gasteiger partial charge in [0.1, 0.15) is 5.75 Å². The molecular formula is C26H27NO4. The number of nitrogens with zero attached hydrogens (tertiary/aromatic N) is 1. The molecule has 2 fully saturated rings. The standard InChI is InChI=1S/C26H27NO4/c28-23(19-9-6-10-20(15-19)31-16-18-7-2-1-3-8-18)26(13-14-26)17-27-24(29)21-11-4-5-12-22(21)25(27)30/h4-6,9-12,15,18H,1-3,7-8,13-14,16-17H2. The number of carbonyl (C=O) groups excluding carboxylic acids is 3. The highest BCUT2D eigenvalue weighted by molar-refractivity contribution is 6.21. The van der Waals surface area contributed by atoms with Crippen molar-refractivity contribution in [3.8, 4) is 5.75 Å². The summed E-state index contributed by atoms with van der Waals surface area (Å²) in [4.78, 5) is 40.1. The fourth-order valence-electron chi connectivity index (χ4n) is 4.89. The minimum absolute atomic E-state index is 0.00725. The van der Waals surface area contributed by atoms with Crippen LogP contribution in [0.5, 0.6) is 5.75 Å². The van der Waals surface area contributed by atoms with Crippen LogP contribution in [0.4, 0.5) is 0 Å². The van der Waals surface area contributed by atoms with E-state index < -0.39 is 5.41 Å². The van der Waals surface area contributed by atoms with Crippen LogP contribution in [0.15, 0.2) is 48.5 Å². The first-order valence-electron chi connectivity index (χ1n) is 11.3. The second-order valence-electron chi connectivity index (χ2n) is 9.19. The molecule has 2 amide bonds. The molecule has 0 atom stereocenters. The minimum Gasteiger partial charge on any atom is -0.493 e. The minimum atomic E-state index is -0.671. The Morgan fingerprint density at radius 1 is 0.935 bits per heavy atom. The number of benzene rings is 2. The van der Waals surface area contributed by atoms with Gasteiger partial charge in [-0.25, -0.2) is 0 Å². The van der Waals surface area contributed by atoms with Gasteiger partial charge in [-0.05, 0) is 55.9 Å². The Morgan fingerprint density at radius 3 is 2.26 bits per heavy atom. The number of rotatable bonds is 7. The molecule has 1 aliphatic heterocycles. The number of hydrogen-bond donors (Lipinski definition) is 0. The number of carbonyl (C=O) groups is 3. The molecule has 0 saturated heterocycles. The Labute approximate surface area is 182 Å². The van der Waals surface area contributed by atoms with Gasteiger partial charge in [0, 0.05) is 12.1 Å². The summed E-state index contributed by atoms with van der Waals surface area (Å²) in [5, 5.41) is 0. The lowest BCUT2D eigenvalue weighted by molar-refractivity contribution is 0.0606. The molecule has 5 nitrogen and oxygen atoms in total. The molecule has 0 bridgehead atoms. The number of amides is 2. The summed E-state index contributed by atoms with van der Waals surface area (Å²) in [5.41, 5.74) is 0.771. The molecule has 0 spiro atoms. The van der Waals surface area contributed by atoms with E-state index in [-0.39, 0.29) is 24.1 Å². The highest BCUT2D eigenvalue weighted by Crippen LogP contribution is 2.50.